The number of carbonyl (C=O) groups excluding carboxylic acids is 1. The summed E-state index contributed by atoms with van der Waals surface area (Å²) in [7, 11) is -2.14. The second kappa shape index (κ2) is 7.09. The Kier molecular flexibility index (Phi) is 5.66. The number of sulfonamides is 1. The summed E-state index contributed by atoms with van der Waals surface area (Å²) in [6.07, 6.45) is 7.73. The van der Waals surface area contributed by atoms with Crippen molar-refractivity contribution < 1.29 is 17.9 Å². The molecule has 0 amide bonds. The number of hydrogen-bond acceptors (Lipinski definition) is 4. The number of hydrogen-bond donors (Lipinski definition) is 1. The second-order valence-corrected chi connectivity index (χ2v) is 8.38. The van der Waals surface area contributed by atoms with Crippen LogP contribution in [0.3, 0.4) is 0 Å². The van der Waals surface area contributed by atoms with Gasteiger partial charge in [0.25, 0.3) is 0 Å². The van der Waals surface area contributed by atoms with Gasteiger partial charge in [-0.05, 0) is 38.5 Å². The maximum absolute atomic E-state index is 12.6. The van der Waals surface area contributed by atoms with Crippen LogP contribution in [0.15, 0.2) is 0 Å². The lowest BCUT2D eigenvalue weighted by molar-refractivity contribution is -0.145. The topological polar surface area (TPSA) is 72.5 Å². The summed E-state index contributed by atoms with van der Waals surface area (Å²) in [6.45, 7) is 1.95. The van der Waals surface area contributed by atoms with Gasteiger partial charge in [0, 0.05) is 6.04 Å². The van der Waals surface area contributed by atoms with Gasteiger partial charge in [0.1, 0.15) is 0 Å². The Labute approximate surface area is 127 Å². The van der Waals surface area contributed by atoms with Crippen LogP contribution >= 0.6 is 0 Å². The molecular weight excluding hydrogens is 290 g/mol. The van der Waals surface area contributed by atoms with E-state index in [1.807, 2.05) is 6.92 Å². The summed E-state index contributed by atoms with van der Waals surface area (Å²) in [5.74, 6) is -0.481. The zero-order valence-electron chi connectivity index (χ0n) is 13.0. The molecule has 1 N–H and O–H groups in total. The molecule has 2 unspecified atom stereocenters. The van der Waals surface area contributed by atoms with Crippen molar-refractivity contribution in [3.63, 3.8) is 0 Å². The molecule has 0 spiro atoms. The highest BCUT2D eigenvalue weighted by Crippen LogP contribution is 2.33. The van der Waals surface area contributed by atoms with E-state index in [4.69, 9.17) is 4.74 Å². The summed E-state index contributed by atoms with van der Waals surface area (Å²) in [6, 6.07) is -0.0470. The fourth-order valence-corrected chi connectivity index (χ4v) is 5.84. The van der Waals surface area contributed by atoms with Crippen molar-refractivity contribution in [2.24, 2.45) is 11.8 Å². The molecule has 0 bridgehead atoms. The fourth-order valence-electron chi connectivity index (χ4n) is 3.80. The molecule has 0 heterocycles. The standard InChI is InChI=1S/C15H27NO4S/c1-11(12-7-4-3-5-8-12)16-21(18,19)14-10-6-9-13(14)15(17)20-2/h11-14,16H,3-10H2,1-2H3/t11-,13?,14?/m0/s1. The van der Waals surface area contributed by atoms with E-state index >= 15 is 0 Å². The normalized spacial score (nSPS) is 29.2. The van der Waals surface area contributed by atoms with Crippen LogP contribution in [0.2, 0.25) is 0 Å². The first kappa shape index (κ1) is 16.7. The first-order valence-electron chi connectivity index (χ1n) is 8.04. The molecule has 0 aliphatic heterocycles. The predicted molar refractivity (Wildman–Crippen MR) is 81.2 cm³/mol. The largest absolute Gasteiger partial charge is 0.469 e. The molecule has 5 nitrogen and oxygen atoms in total. The van der Waals surface area contributed by atoms with E-state index in [0.29, 0.717) is 18.8 Å². The molecule has 2 saturated carbocycles. The smallest absolute Gasteiger partial charge is 0.310 e. The molecular formula is C15H27NO4S. The molecule has 0 saturated heterocycles. The SMILES string of the molecule is COC(=O)C1CCCC1S(=O)(=O)N[C@@H](C)C1CCCCC1. The first-order chi connectivity index (χ1) is 9.95. The zero-order valence-corrected chi connectivity index (χ0v) is 13.8. The lowest BCUT2D eigenvalue weighted by Gasteiger charge is -2.29. The van der Waals surface area contributed by atoms with E-state index in [-0.39, 0.29) is 6.04 Å². The van der Waals surface area contributed by atoms with E-state index < -0.39 is 27.2 Å². The van der Waals surface area contributed by atoms with Crippen molar-refractivity contribution in [2.75, 3.05) is 7.11 Å². The summed E-state index contributed by atoms with van der Waals surface area (Å²) in [5, 5.41) is -0.629. The van der Waals surface area contributed by atoms with Gasteiger partial charge in [0.05, 0.1) is 18.3 Å². The van der Waals surface area contributed by atoms with Crippen molar-refractivity contribution in [3.8, 4) is 0 Å². The molecule has 2 rings (SSSR count). The minimum Gasteiger partial charge on any atom is -0.469 e. The maximum atomic E-state index is 12.6. The third-order valence-electron chi connectivity index (χ3n) is 5.06. The van der Waals surface area contributed by atoms with E-state index in [9.17, 15) is 13.2 Å². The molecule has 122 valence electrons. The van der Waals surface area contributed by atoms with Gasteiger partial charge in [0.2, 0.25) is 10.0 Å². The van der Waals surface area contributed by atoms with E-state index in [1.165, 1.54) is 26.4 Å². The highest BCUT2D eigenvalue weighted by Gasteiger charge is 2.43. The number of nitrogens with one attached hydrogen (secondary N) is 1. The van der Waals surface area contributed by atoms with Gasteiger partial charge in [-0.15, -0.1) is 0 Å². The number of rotatable bonds is 5. The van der Waals surface area contributed by atoms with E-state index in [1.54, 1.807) is 0 Å². The maximum Gasteiger partial charge on any atom is 0.310 e. The Morgan fingerprint density at radius 3 is 2.38 bits per heavy atom. The first-order valence-corrected chi connectivity index (χ1v) is 9.59. The van der Waals surface area contributed by atoms with Gasteiger partial charge in [-0.25, -0.2) is 13.1 Å². The number of esters is 1. The minimum absolute atomic E-state index is 0.0470. The van der Waals surface area contributed by atoms with Crippen LogP contribution < -0.4 is 4.72 Å². The van der Waals surface area contributed by atoms with Crippen molar-refractivity contribution in [1.29, 1.82) is 0 Å². The van der Waals surface area contributed by atoms with Gasteiger partial charge < -0.3 is 4.74 Å². The average molecular weight is 317 g/mol. The monoisotopic (exact) mass is 317 g/mol. The van der Waals surface area contributed by atoms with E-state index in [2.05, 4.69) is 4.72 Å². The minimum atomic E-state index is -3.46. The van der Waals surface area contributed by atoms with Crippen molar-refractivity contribution in [3.05, 3.63) is 0 Å². The second-order valence-electron chi connectivity index (χ2n) is 6.45. The lowest BCUT2D eigenvalue weighted by Crippen LogP contribution is -2.45. The summed E-state index contributed by atoms with van der Waals surface area (Å²) < 4.78 is 32.8. The molecule has 3 atom stereocenters. The summed E-state index contributed by atoms with van der Waals surface area (Å²) in [5.41, 5.74) is 0. The molecule has 0 aromatic heterocycles. The summed E-state index contributed by atoms with van der Waals surface area (Å²) >= 11 is 0. The fraction of sp³-hybridized carbons (Fsp3) is 0.933. The van der Waals surface area contributed by atoms with Crippen molar-refractivity contribution in [1.82, 2.24) is 4.72 Å². The van der Waals surface area contributed by atoms with Gasteiger partial charge in [-0.3, -0.25) is 4.79 Å². The Morgan fingerprint density at radius 2 is 1.76 bits per heavy atom. The van der Waals surface area contributed by atoms with E-state index in [0.717, 1.165) is 19.3 Å². The van der Waals surface area contributed by atoms with Gasteiger partial charge >= 0.3 is 5.97 Å². The van der Waals surface area contributed by atoms with Crippen LogP contribution in [0.25, 0.3) is 0 Å². The highest BCUT2D eigenvalue weighted by atomic mass is 32.2. The van der Waals surface area contributed by atoms with Gasteiger partial charge in [-0.2, -0.15) is 0 Å². The molecule has 0 radical (unpaired) electrons. The van der Waals surface area contributed by atoms with Crippen LogP contribution in [0.5, 0.6) is 0 Å². The van der Waals surface area contributed by atoms with Gasteiger partial charge in [-0.1, -0.05) is 25.7 Å². The lowest BCUT2D eigenvalue weighted by atomic mass is 9.85. The molecule has 2 fully saturated rings. The molecule has 2 aliphatic carbocycles. The summed E-state index contributed by atoms with van der Waals surface area (Å²) in [4.78, 5) is 11.7. The van der Waals surface area contributed by atoms with Crippen LogP contribution in [0.1, 0.15) is 58.3 Å². The molecule has 21 heavy (non-hydrogen) atoms. The third kappa shape index (κ3) is 3.97. The van der Waals surface area contributed by atoms with Crippen LogP contribution in [0, 0.1) is 11.8 Å². The van der Waals surface area contributed by atoms with Crippen LogP contribution in [-0.4, -0.2) is 32.8 Å². The quantitative estimate of drug-likeness (QED) is 0.789. The molecule has 6 heteroatoms. The number of carbonyl (C=O) groups is 1. The molecule has 2 aliphatic rings. The third-order valence-corrected chi connectivity index (χ3v) is 7.12. The van der Waals surface area contributed by atoms with Crippen molar-refractivity contribution >= 4 is 16.0 Å². The number of ether oxygens (including phenoxy) is 1. The highest BCUT2D eigenvalue weighted by molar-refractivity contribution is 7.90. The number of methoxy groups -OCH3 is 1. The Balaban J connectivity index is 2.01. The Bertz CT molecular complexity index is 456. The predicted octanol–water partition coefficient (Wildman–Crippen LogP) is 2.22. The zero-order chi connectivity index (χ0) is 15.5. The van der Waals surface area contributed by atoms with Crippen LogP contribution in [-0.2, 0) is 19.6 Å². The Hall–Kier alpha value is -0.620. The van der Waals surface area contributed by atoms with Crippen molar-refractivity contribution in [2.45, 2.75) is 69.6 Å². The van der Waals surface area contributed by atoms with Gasteiger partial charge in [0.15, 0.2) is 0 Å². The average Bonchev–Trinajstić information content (AvgIpc) is 2.97. The Morgan fingerprint density at radius 1 is 1.10 bits per heavy atom. The van der Waals surface area contributed by atoms with Crippen LogP contribution in [0.4, 0.5) is 0 Å². The molecule has 0 aromatic rings. The molecule has 0 aromatic carbocycles.